The molecule has 0 spiro atoms. The summed E-state index contributed by atoms with van der Waals surface area (Å²) >= 11 is 0. The zero-order valence-corrected chi connectivity index (χ0v) is 21.1. The summed E-state index contributed by atoms with van der Waals surface area (Å²) in [5.74, 6) is -0.717. The van der Waals surface area contributed by atoms with E-state index < -0.39 is 28.5 Å². The Labute approximate surface area is 197 Å². The summed E-state index contributed by atoms with van der Waals surface area (Å²) in [6.45, 7) is 8.97. The molecule has 0 radical (unpaired) electrons. The number of para-hydroxylation sites is 1. The maximum atomic E-state index is 13.5. The lowest BCUT2D eigenvalue weighted by Gasteiger charge is -2.32. The number of sulfonamides is 1. The van der Waals surface area contributed by atoms with Crippen LogP contribution in [0.5, 0.6) is 0 Å². The fourth-order valence-corrected chi connectivity index (χ4v) is 4.57. The number of nitrogens with zero attached hydrogens (tertiary/aromatic N) is 2. The standard InChI is InChI=1S/C25H35N3O4S/c1-7-20(4)26-25(30)21(5)27(16-22-14-9-8-10-15-22)23(29)17-28(33(6,31)32)24-18(2)12-11-13-19(24)3/h8-15,20-21H,7,16-17H2,1-6H3,(H,26,30)/t20-,21+/m1/s1. The van der Waals surface area contributed by atoms with Crippen LogP contribution in [0.2, 0.25) is 0 Å². The Kier molecular flexibility index (Phi) is 9.05. The van der Waals surface area contributed by atoms with Gasteiger partial charge in [0.15, 0.2) is 0 Å². The Morgan fingerprint density at radius 3 is 2.06 bits per heavy atom. The van der Waals surface area contributed by atoms with E-state index in [-0.39, 0.29) is 18.5 Å². The minimum Gasteiger partial charge on any atom is -0.352 e. The molecule has 33 heavy (non-hydrogen) atoms. The van der Waals surface area contributed by atoms with Crippen molar-refractivity contribution in [2.45, 2.75) is 59.7 Å². The van der Waals surface area contributed by atoms with Gasteiger partial charge in [0.25, 0.3) is 0 Å². The number of nitrogens with one attached hydrogen (secondary N) is 1. The lowest BCUT2D eigenvalue weighted by Crippen LogP contribution is -2.52. The lowest BCUT2D eigenvalue weighted by molar-refractivity contribution is -0.139. The molecule has 0 saturated carbocycles. The SMILES string of the molecule is CC[C@@H](C)NC(=O)[C@H](C)N(Cc1ccccc1)C(=O)CN(c1c(C)cccc1C)S(C)(=O)=O. The third kappa shape index (κ3) is 7.05. The van der Waals surface area contributed by atoms with Gasteiger partial charge in [0.05, 0.1) is 11.9 Å². The monoisotopic (exact) mass is 473 g/mol. The molecule has 180 valence electrons. The third-order valence-electron chi connectivity index (χ3n) is 5.73. The molecular formula is C25H35N3O4S. The summed E-state index contributed by atoms with van der Waals surface area (Å²) in [4.78, 5) is 27.9. The summed E-state index contributed by atoms with van der Waals surface area (Å²) in [7, 11) is -3.75. The van der Waals surface area contributed by atoms with Crippen molar-refractivity contribution in [1.29, 1.82) is 0 Å². The number of anilines is 1. The van der Waals surface area contributed by atoms with Crippen molar-refractivity contribution in [2.24, 2.45) is 0 Å². The van der Waals surface area contributed by atoms with Crippen LogP contribution in [0.25, 0.3) is 0 Å². The number of aryl methyl sites for hydroxylation is 2. The van der Waals surface area contributed by atoms with Crippen molar-refractivity contribution in [3.05, 3.63) is 65.2 Å². The van der Waals surface area contributed by atoms with E-state index in [2.05, 4.69) is 5.32 Å². The van der Waals surface area contributed by atoms with Gasteiger partial charge in [-0.2, -0.15) is 0 Å². The predicted molar refractivity (Wildman–Crippen MR) is 132 cm³/mol. The molecule has 0 heterocycles. The summed E-state index contributed by atoms with van der Waals surface area (Å²) in [6.07, 6.45) is 1.85. The van der Waals surface area contributed by atoms with Crippen LogP contribution in [0, 0.1) is 13.8 Å². The van der Waals surface area contributed by atoms with Crippen molar-refractivity contribution in [3.8, 4) is 0 Å². The van der Waals surface area contributed by atoms with E-state index in [0.29, 0.717) is 5.69 Å². The average Bonchev–Trinajstić information content (AvgIpc) is 2.75. The van der Waals surface area contributed by atoms with Crippen molar-refractivity contribution in [2.75, 3.05) is 17.1 Å². The Bertz CT molecular complexity index is 1050. The summed E-state index contributed by atoms with van der Waals surface area (Å²) in [5.41, 5.74) is 2.85. The van der Waals surface area contributed by atoms with Gasteiger partial charge in [-0.3, -0.25) is 13.9 Å². The molecule has 0 bridgehead atoms. The molecule has 2 amide bonds. The first kappa shape index (κ1) is 26.4. The van der Waals surface area contributed by atoms with Crippen LogP contribution < -0.4 is 9.62 Å². The van der Waals surface area contributed by atoms with E-state index in [1.165, 1.54) is 4.90 Å². The van der Waals surface area contributed by atoms with Gasteiger partial charge in [0, 0.05) is 12.6 Å². The number of rotatable bonds is 10. The molecule has 0 unspecified atom stereocenters. The Balaban J connectivity index is 2.42. The average molecular weight is 474 g/mol. The molecule has 0 aliphatic heterocycles. The second-order valence-corrected chi connectivity index (χ2v) is 10.4. The van der Waals surface area contributed by atoms with E-state index in [9.17, 15) is 18.0 Å². The topological polar surface area (TPSA) is 86.8 Å². The molecule has 0 aliphatic carbocycles. The molecule has 0 fully saturated rings. The molecule has 2 rings (SSSR count). The van der Waals surface area contributed by atoms with Crippen LogP contribution in [0.15, 0.2) is 48.5 Å². The van der Waals surface area contributed by atoms with E-state index in [1.54, 1.807) is 6.92 Å². The first-order valence-corrected chi connectivity index (χ1v) is 13.0. The summed E-state index contributed by atoms with van der Waals surface area (Å²) in [5, 5.41) is 2.92. The fraction of sp³-hybridized carbons (Fsp3) is 0.440. The molecular weight excluding hydrogens is 438 g/mol. The number of hydrogen-bond donors (Lipinski definition) is 1. The fourth-order valence-electron chi connectivity index (χ4n) is 3.60. The van der Waals surface area contributed by atoms with E-state index in [4.69, 9.17) is 0 Å². The second kappa shape index (κ2) is 11.3. The quantitative estimate of drug-likeness (QED) is 0.573. The molecule has 0 aromatic heterocycles. The van der Waals surface area contributed by atoms with Crippen molar-refractivity contribution in [3.63, 3.8) is 0 Å². The Morgan fingerprint density at radius 2 is 1.55 bits per heavy atom. The highest BCUT2D eigenvalue weighted by Crippen LogP contribution is 2.27. The van der Waals surface area contributed by atoms with Crippen LogP contribution in [0.1, 0.15) is 43.9 Å². The second-order valence-electron chi connectivity index (χ2n) is 8.51. The van der Waals surface area contributed by atoms with Crippen molar-refractivity contribution in [1.82, 2.24) is 10.2 Å². The molecule has 0 aliphatic rings. The predicted octanol–water partition coefficient (Wildman–Crippen LogP) is 3.40. The molecule has 0 saturated heterocycles. The maximum absolute atomic E-state index is 13.5. The smallest absolute Gasteiger partial charge is 0.244 e. The maximum Gasteiger partial charge on any atom is 0.244 e. The highest BCUT2D eigenvalue weighted by atomic mass is 32.2. The molecule has 2 aromatic rings. The van der Waals surface area contributed by atoms with Crippen LogP contribution in [0.4, 0.5) is 5.69 Å². The van der Waals surface area contributed by atoms with Gasteiger partial charge in [-0.05, 0) is 50.8 Å². The highest BCUT2D eigenvalue weighted by molar-refractivity contribution is 7.92. The summed E-state index contributed by atoms with van der Waals surface area (Å²) in [6, 6.07) is 14.0. The van der Waals surface area contributed by atoms with Crippen LogP contribution in [-0.2, 0) is 26.2 Å². The number of benzene rings is 2. The van der Waals surface area contributed by atoms with Gasteiger partial charge in [-0.1, -0.05) is 55.5 Å². The summed E-state index contributed by atoms with van der Waals surface area (Å²) < 4.78 is 26.6. The normalized spacial score (nSPS) is 13.2. The minimum atomic E-state index is -3.75. The van der Waals surface area contributed by atoms with Crippen LogP contribution in [0.3, 0.4) is 0 Å². The number of carbonyl (C=O) groups is 2. The largest absolute Gasteiger partial charge is 0.352 e. The zero-order valence-electron chi connectivity index (χ0n) is 20.3. The Hall–Kier alpha value is -2.87. The van der Waals surface area contributed by atoms with Crippen LogP contribution >= 0.6 is 0 Å². The van der Waals surface area contributed by atoms with Gasteiger partial charge < -0.3 is 10.2 Å². The minimum absolute atomic E-state index is 0.0317. The van der Waals surface area contributed by atoms with Crippen LogP contribution in [-0.4, -0.2) is 50.0 Å². The van der Waals surface area contributed by atoms with Gasteiger partial charge in [-0.15, -0.1) is 0 Å². The zero-order chi connectivity index (χ0) is 24.8. The molecule has 1 N–H and O–H groups in total. The van der Waals surface area contributed by atoms with Crippen molar-refractivity contribution >= 4 is 27.5 Å². The molecule has 2 atom stereocenters. The molecule has 2 aromatic carbocycles. The highest BCUT2D eigenvalue weighted by Gasteiger charge is 2.31. The number of amides is 2. The van der Waals surface area contributed by atoms with Gasteiger partial charge in [-0.25, -0.2) is 8.42 Å². The first-order chi connectivity index (χ1) is 15.5. The molecule has 7 nitrogen and oxygen atoms in total. The van der Waals surface area contributed by atoms with Gasteiger partial charge in [0.1, 0.15) is 12.6 Å². The van der Waals surface area contributed by atoms with Gasteiger partial charge in [0.2, 0.25) is 21.8 Å². The van der Waals surface area contributed by atoms with E-state index in [1.807, 2.05) is 76.2 Å². The van der Waals surface area contributed by atoms with E-state index in [0.717, 1.165) is 33.7 Å². The molecule has 8 heteroatoms. The Morgan fingerprint density at radius 1 is 0.970 bits per heavy atom. The van der Waals surface area contributed by atoms with E-state index >= 15 is 0 Å². The lowest BCUT2D eigenvalue weighted by atomic mass is 10.1. The number of carbonyl (C=O) groups excluding carboxylic acids is 2. The third-order valence-corrected chi connectivity index (χ3v) is 6.84. The first-order valence-electron chi connectivity index (χ1n) is 11.1. The van der Waals surface area contributed by atoms with Gasteiger partial charge >= 0.3 is 0 Å². The van der Waals surface area contributed by atoms with Crippen molar-refractivity contribution < 1.29 is 18.0 Å². The number of hydrogen-bond acceptors (Lipinski definition) is 4.